The number of esters is 1. The number of rotatable bonds is 2. The van der Waals surface area contributed by atoms with Crippen LogP contribution in [-0.2, 0) is 4.74 Å². The van der Waals surface area contributed by atoms with Crippen molar-refractivity contribution in [2.75, 3.05) is 7.11 Å². The molecule has 0 saturated heterocycles. The fraction of sp³-hybridized carbons (Fsp3) is 0.0769. The van der Waals surface area contributed by atoms with Crippen LogP contribution in [-0.4, -0.2) is 24.2 Å². The van der Waals surface area contributed by atoms with Crippen molar-refractivity contribution in [3.63, 3.8) is 0 Å². The van der Waals surface area contributed by atoms with Crippen LogP contribution in [0.3, 0.4) is 0 Å². The minimum absolute atomic E-state index is 0.167. The predicted molar refractivity (Wildman–Crippen MR) is 61.4 cm³/mol. The van der Waals surface area contributed by atoms with Crippen LogP contribution in [0.4, 0.5) is 0 Å². The molecule has 0 aliphatic heterocycles. The van der Waals surface area contributed by atoms with Crippen LogP contribution in [0.5, 0.6) is 0 Å². The molecule has 0 aromatic heterocycles. The lowest BCUT2D eigenvalue weighted by Gasteiger charge is -2.01. The maximum atomic E-state index is 11.5. The zero-order valence-electron chi connectivity index (χ0n) is 9.14. The second-order valence-electron chi connectivity index (χ2n) is 3.50. The summed E-state index contributed by atoms with van der Waals surface area (Å²) in [5.74, 6) is -1.49. The Kier molecular flexibility index (Phi) is 2.78. The number of carbonyl (C=O) groups is 2. The van der Waals surface area contributed by atoms with Crippen molar-refractivity contribution < 1.29 is 19.4 Å². The average Bonchev–Trinajstić information content (AvgIpc) is 2.60. The second kappa shape index (κ2) is 4.25. The third kappa shape index (κ3) is 1.85. The summed E-state index contributed by atoms with van der Waals surface area (Å²) in [6, 6.07) is 9.72. The fourth-order valence-corrected chi connectivity index (χ4v) is 1.77. The summed E-state index contributed by atoms with van der Waals surface area (Å²) in [6.07, 6.45) is 0. The Labute approximate surface area is 97.8 Å². The first-order chi connectivity index (χ1) is 8.15. The van der Waals surface area contributed by atoms with Crippen molar-refractivity contribution >= 4 is 11.9 Å². The molecular weight excluding hydrogens is 220 g/mol. The van der Waals surface area contributed by atoms with Crippen LogP contribution in [0.15, 0.2) is 36.4 Å². The van der Waals surface area contributed by atoms with E-state index in [4.69, 9.17) is 5.11 Å². The topological polar surface area (TPSA) is 63.6 Å². The van der Waals surface area contributed by atoms with Gasteiger partial charge in [-0.05, 0) is 23.3 Å². The van der Waals surface area contributed by atoms with Crippen LogP contribution in [0.25, 0.3) is 11.1 Å². The van der Waals surface area contributed by atoms with Gasteiger partial charge < -0.3 is 9.84 Å². The molecule has 17 heavy (non-hydrogen) atoms. The van der Waals surface area contributed by atoms with Gasteiger partial charge in [-0.2, -0.15) is 0 Å². The van der Waals surface area contributed by atoms with Gasteiger partial charge >= 0.3 is 11.9 Å². The van der Waals surface area contributed by atoms with E-state index in [0.717, 1.165) is 0 Å². The van der Waals surface area contributed by atoms with Crippen molar-refractivity contribution in [3.8, 4) is 11.1 Å². The van der Waals surface area contributed by atoms with Gasteiger partial charge in [-0.25, -0.2) is 9.59 Å². The van der Waals surface area contributed by atoms with Crippen molar-refractivity contribution in [3.05, 3.63) is 47.5 Å². The Morgan fingerprint density at radius 2 is 1.65 bits per heavy atom. The number of ether oxygens (including phenoxy) is 1. The molecule has 0 radical (unpaired) electrons. The summed E-state index contributed by atoms with van der Waals surface area (Å²) < 4.78 is 4.65. The van der Waals surface area contributed by atoms with E-state index in [1.165, 1.54) is 13.2 Å². The molecule has 2 aliphatic carbocycles. The molecular formula is C13H10O4. The molecule has 1 N–H and O–H groups in total. The van der Waals surface area contributed by atoms with Crippen molar-refractivity contribution in [2.24, 2.45) is 0 Å². The third-order valence-electron chi connectivity index (χ3n) is 2.56. The van der Waals surface area contributed by atoms with Crippen LogP contribution < -0.4 is 0 Å². The van der Waals surface area contributed by atoms with Crippen molar-refractivity contribution in [2.45, 2.75) is 0 Å². The normalized spacial score (nSPS) is 10.2. The van der Waals surface area contributed by atoms with E-state index in [9.17, 15) is 9.59 Å². The molecule has 86 valence electrons. The summed E-state index contributed by atoms with van der Waals surface area (Å²) in [6.45, 7) is 0. The predicted octanol–water partition coefficient (Wildman–Crippen LogP) is 2.28. The largest absolute Gasteiger partial charge is 0.478 e. The molecule has 2 aliphatic rings. The average molecular weight is 230 g/mol. The van der Waals surface area contributed by atoms with Gasteiger partial charge in [0, 0.05) is 0 Å². The molecule has 4 nitrogen and oxygen atoms in total. The summed E-state index contributed by atoms with van der Waals surface area (Å²) >= 11 is 0. The number of aromatic carboxylic acids is 1. The highest BCUT2D eigenvalue weighted by atomic mass is 16.5. The van der Waals surface area contributed by atoms with E-state index in [-0.39, 0.29) is 5.56 Å². The molecule has 0 unspecified atom stereocenters. The van der Waals surface area contributed by atoms with E-state index in [1.807, 2.05) is 0 Å². The van der Waals surface area contributed by atoms with Gasteiger partial charge in [-0.15, -0.1) is 0 Å². The number of methoxy groups -OCH3 is 1. The van der Waals surface area contributed by atoms with Gasteiger partial charge in [0.15, 0.2) is 0 Å². The molecule has 0 spiro atoms. The van der Waals surface area contributed by atoms with Crippen LogP contribution in [0, 0.1) is 0 Å². The molecule has 0 aromatic rings. The Morgan fingerprint density at radius 1 is 1.00 bits per heavy atom. The van der Waals surface area contributed by atoms with E-state index in [2.05, 4.69) is 4.74 Å². The number of hydrogen-bond acceptors (Lipinski definition) is 3. The number of hydrogen-bond donors (Lipinski definition) is 1. The maximum absolute atomic E-state index is 11.5. The van der Waals surface area contributed by atoms with Gasteiger partial charge in [-0.1, -0.05) is 24.3 Å². The van der Waals surface area contributed by atoms with E-state index in [1.54, 1.807) is 30.3 Å². The Hall–Kier alpha value is -2.36. The van der Waals surface area contributed by atoms with E-state index in [0.29, 0.717) is 16.7 Å². The monoisotopic (exact) mass is 230 g/mol. The van der Waals surface area contributed by atoms with Crippen LogP contribution >= 0.6 is 0 Å². The third-order valence-corrected chi connectivity index (χ3v) is 2.56. The highest BCUT2D eigenvalue weighted by Crippen LogP contribution is 2.30. The van der Waals surface area contributed by atoms with E-state index >= 15 is 0 Å². The highest BCUT2D eigenvalue weighted by Gasteiger charge is 2.20. The first-order valence-corrected chi connectivity index (χ1v) is 4.98. The van der Waals surface area contributed by atoms with E-state index < -0.39 is 11.9 Å². The summed E-state index contributed by atoms with van der Waals surface area (Å²) in [7, 11) is 1.29. The molecule has 0 aromatic carbocycles. The second-order valence-corrected chi connectivity index (χ2v) is 3.50. The number of carboxylic acids is 1. The SMILES string of the molecule is COC(=O)c1ccc2c(C(=O)O)ccccc1-2. The lowest BCUT2D eigenvalue weighted by Crippen LogP contribution is -2.01. The minimum atomic E-state index is -1.02. The lowest BCUT2D eigenvalue weighted by molar-refractivity contribution is 0.0600. The minimum Gasteiger partial charge on any atom is -0.478 e. The number of carboxylic acid groups (broad SMARTS) is 1. The van der Waals surface area contributed by atoms with Crippen molar-refractivity contribution in [1.82, 2.24) is 0 Å². The van der Waals surface area contributed by atoms with Crippen molar-refractivity contribution in [1.29, 1.82) is 0 Å². The first-order valence-electron chi connectivity index (χ1n) is 4.98. The van der Waals surface area contributed by atoms with Gasteiger partial charge in [0.25, 0.3) is 0 Å². The van der Waals surface area contributed by atoms with Gasteiger partial charge in [-0.3, -0.25) is 0 Å². The summed E-state index contributed by atoms with van der Waals surface area (Å²) in [5, 5.41) is 9.08. The lowest BCUT2D eigenvalue weighted by atomic mass is 10.1. The zero-order chi connectivity index (χ0) is 12.4. The maximum Gasteiger partial charge on any atom is 0.338 e. The molecule has 0 atom stereocenters. The zero-order valence-corrected chi connectivity index (χ0v) is 9.14. The summed E-state index contributed by atoms with van der Waals surface area (Å²) in [4.78, 5) is 22.6. The Balaban J connectivity index is 2.66. The fourth-order valence-electron chi connectivity index (χ4n) is 1.77. The molecule has 0 saturated carbocycles. The number of carbonyl (C=O) groups excluding carboxylic acids is 1. The quantitative estimate of drug-likeness (QED) is 0.804. The standard InChI is InChI=1S/C13H10O4/c1-17-13(16)11-7-6-9-8(11)4-2-3-5-10(9)12(14)15/h2-7H,1H3,(H,14,15). The number of fused-ring (bicyclic) bond motifs is 1. The molecule has 4 heteroatoms. The van der Waals surface area contributed by atoms with Crippen LogP contribution in [0.2, 0.25) is 0 Å². The molecule has 0 bridgehead atoms. The Bertz CT molecular complexity index is 559. The first kappa shape index (κ1) is 11.1. The summed E-state index contributed by atoms with van der Waals surface area (Å²) in [5.41, 5.74) is 1.66. The molecule has 0 amide bonds. The molecule has 2 rings (SSSR count). The van der Waals surface area contributed by atoms with Gasteiger partial charge in [0.1, 0.15) is 0 Å². The van der Waals surface area contributed by atoms with Crippen LogP contribution in [0.1, 0.15) is 20.7 Å². The molecule has 0 heterocycles. The highest BCUT2D eigenvalue weighted by molar-refractivity contribution is 6.04. The van der Waals surface area contributed by atoms with Gasteiger partial charge in [0.05, 0.1) is 18.2 Å². The molecule has 0 fully saturated rings. The Morgan fingerprint density at radius 3 is 2.29 bits per heavy atom. The van der Waals surface area contributed by atoms with Gasteiger partial charge in [0.2, 0.25) is 0 Å². The smallest absolute Gasteiger partial charge is 0.338 e.